The highest BCUT2D eigenvalue weighted by Crippen LogP contribution is 2.33. The van der Waals surface area contributed by atoms with Gasteiger partial charge in [-0.05, 0) is 24.3 Å². The lowest BCUT2D eigenvalue weighted by Crippen LogP contribution is -2.59. The summed E-state index contributed by atoms with van der Waals surface area (Å²) in [6, 6.07) is 11.9. The van der Waals surface area contributed by atoms with E-state index in [-0.39, 0.29) is 6.17 Å². The molecule has 1 unspecified atom stereocenters. The van der Waals surface area contributed by atoms with Crippen molar-refractivity contribution >= 4 is 22.9 Å². The molecule has 0 bridgehead atoms. The molecule has 5 heterocycles. The standard InChI is InChI=1S/C17H15N9O/c1-2-5-13-12(4-1)21-17-25-11-24(23-9-19-20-10-23)8-18-16(25)22-15(26(13)17)14-6-3-7-27-14/h1-7,9-10,15H,8,11H2,(H,18,22). The lowest BCUT2D eigenvalue weighted by molar-refractivity contribution is 0.401. The van der Waals surface area contributed by atoms with Gasteiger partial charge in [0.15, 0.2) is 6.17 Å². The van der Waals surface area contributed by atoms with Gasteiger partial charge in [0, 0.05) is 0 Å². The number of imidazole rings is 1. The number of guanidine groups is 1. The molecule has 2 aliphatic rings. The highest BCUT2D eigenvalue weighted by Gasteiger charge is 2.36. The number of benzene rings is 1. The number of aliphatic imine (C=N–C) groups is 1. The molecule has 0 aliphatic carbocycles. The monoisotopic (exact) mass is 361 g/mol. The molecule has 6 rings (SSSR count). The lowest BCUT2D eigenvalue weighted by Gasteiger charge is -2.41. The largest absolute Gasteiger partial charge is 0.465 e. The van der Waals surface area contributed by atoms with Gasteiger partial charge < -0.3 is 9.73 Å². The zero-order valence-corrected chi connectivity index (χ0v) is 14.2. The molecule has 0 saturated heterocycles. The summed E-state index contributed by atoms with van der Waals surface area (Å²) in [4.78, 5) is 11.6. The van der Waals surface area contributed by atoms with Crippen LogP contribution in [-0.4, -0.2) is 43.7 Å². The van der Waals surface area contributed by atoms with Crippen LogP contribution < -0.4 is 15.2 Å². The number of nitrogens with one attached hydrogen (secondary N) is 1. The number of fused-ring (bicyclic) bond motifs is 5. The Balaban J connectivity index is 1.52. The molecular formula is C17H15N9O. The van der Waals surface area contributed by atoms with Gasteiger partial charge in [-0.2, -0.15) is 0 Å². The minimum Gasteiger partial charge on any atom is -0.465 e. The van der Waals surface area contributed by atoms with E-state index in [1.807, 2.05) is 44.9 Å². The third-order valence-electron chi connectivity index (χ3n) is 4.83. The second-order valence-corrected chi connectivity index (χ2v) is 6.37. The van der Waals surface area contributed by atoms with Crippen LogP contribution in [0.15, 0.2) is 64.7 Å². The number of anilines is 1. The number of furan rings is 1. The fraction of sp³-hybridized carbons (Fsp3) is 0.176. The molecule has 10 heteroatoms. The molecule has 1 atom stereocenters. The zero-order chi connectivity index (χ0) is 17.8. The van der Waals surface area contributed by atoms with Crippen LogP contribution in [0, 0.1) is 0 Å². The predicted octanol–water partition coefficient (Wildman–Crippen LogP) is 1.10. The van der Waals surface area contributed by atoms with Gasteiger partial charge in [-0.25, -0.2) is 14.7 Å². The first-order valence-corrected chi connectivity index (χ1v) is 8.57. The maximum absolute atomic E-state index is 5.69. The Morgan fingerprint density at radius 3 is 2.81 bits per heavy atom. The van der Waals surface area contributed by atoms with Crippen LogP contribution in [0.1, 0.15) is 11.9 Å². The molecule has 0 fully saturated rings. The van der Waals surface area contributed by atoms with Crippen molar-refractivity contribution in [1.29, 1.82) is 0 Å². The molecule has 1 aromatic carbocycles. The van der Waals surface area contributed by atoms with Gasteiger partial charge in [0.1, 0.15) is 31.8 Å². The Hall–Kier alpha value is -3.82. The van der Waals surface area contributed by atoms with Gasteiger partial charge in [0.2, 0.25) is 11.9 Å². The van der Waals surface area contributed by atoms with E-state index in [0.717, 1.165) is 28.7 Å². The minimum absolute atomic E-state index is 0.209. The van der Waals surface area contributed by atoms with Crippen LogP contribution in [0.5, 0.6) is 0 Å². The lowest BCUT2D eigenvalue weighted by atomic mass is 10.2. The normalized spacial score (nSPS) is 18.8. The highest BCUT2D eigenvalue weighted by molar-refractivity contribution is 5.99. The summed E-state index contributed by atoms with van der Waals surface area (Å²) in [7, 11) is 0. The minimum atomic E-state index is -0.209. The van der Waals surface area contributed by atoms with Crippen molar-refractivity contribution < 1.29 is 4.42 Å². The maximum Gasteiger partial charge on any atom is 0.217 e. The van der Waals surface area contributed by atoms with Gasteiger partial charge in [-0.3, -0.25) is 14.5 Å². The Morgan fingerprint density at radius 1 is 1.07 bits per heavy atom. The number of hydrogen-bond acceptors (Lipinski definition) is 8. The average Bonchev–Trinajstić information content (AvgIpc) is 3.47. The predicted molar refractivity (Wildman–Crippen MR) is 97.6 cm³/mol. The van der Waals surface area contributed by atoms with Crippen LogP contribution in [0.3, 0.4) is 0 Å². The number of nitrogens with zero attached hydrogens (tertiary/aromatic N) is 8. The highest BCUT2D eigenvalue weighted by atomic mass is 16.3. The number of aromatic nitrogens is 5. The summed E-state index contributed by atoms with van der Waals surface area (Å²) in [6.45, 7) is 1.06. The molecule has 134 valence electrons. The van der Waals surface area contributed by atoms with Crippen molar-refractivity contribution in [3.63, 3.8) is 0 Å². The second-order valence-electron chi connectivity index (χ2n) is 6.37. The van der Waals surface area contributed by atoms with E-state index < -0.39 is 0 Å². The van der Waals surface area contributed by atoms with E-state index in [0.29, 0.717) is 13.3 Å². The first-order valence-electron chi connectivity index (χ1n) is 8.57. The molecular weight excluding hydrogens is 346 g/mol. The van der Waals surface area contributed by atoms with E-state index in [4.69, 9.17) is 14.4 Å². The molecule has 4 aromatic rings. The van der Waals surface area contributed by atoms with E-state index in [9.17, 15) is 0 Å². The first kappa shape index (κ1) is 14.4. The fourth-order valence-electron chi connectivity index (χ4n) is 3.59. The van der Waals surface area contributed by atoms with Gasteiger partial charge in [-0.15, -0.1) is 10.2 Å². The summed E-state index contributed by atoms with van der Waals surface area (Å²) < 4.78 is 9.66. The van der Waals surface area contributed by atoms with Crippen molar-refractivity contribution in [3.8, 4) is 0 Å². The Bertz CT molecular complexity index is 1130. The van der Waals surface area contributed by atoms with Crippen LogP contribution >= 0.6 is 0 Å². The molecule has 0 spiro atoms. The van der Waals surface area contributed by atoms with Crippen LogP contribution in [0.2, 0.25) is 0 Å². The summed E-state index contributed by atoms with van der Waals surface area (Å²) in [5.74, 6) is 2.39. The van der Waals surface area contributed by atoms with Gasteiger partial charge in [0.05, 0.1) is 17.3 Å². The number of para-hydroxylation sites is 2. The summed E-state index contributed by atoms with van der Waals surface area (Å²) in [6.07, 6.45) is 4.79. The van der Waals surface area contributed by atoms with Crippen LogP contribution in [0.25, 0.3) is 11.0 Å². The van der Waals surface area contributed by atoms with E-state index in [1.165, 1.54) is 0 Å². The van der Waals surface area contributed by atoms with Crippen LogP contribution in [-0.2, 0) is 0 Å². The van der Waals surface area contributed by atoms with E-state index in [1.54, 1.807) is 18.9 Å². The van der Waals surface area contributed by atoms with Gasteiger partial charge in [-0.1, -0.05) is 12.1 Å². The van der Waals surface area contributed by atoms with Gasteiger partial charge >= 0.3 is 0 Å². The molecule has 1 N–H and O–H groups in total. The van der Waals surface area contributed by atoms with Crippen LogP contribution in [0.4, 0.5) is 5.95 Å². The molecule has 0 amide bonds. The van der Waals surface area contributed by atoms with Crippen molar-refractivity contribution in [3.05, 3.63) is 61.1 Å². The Labute approximate surface area is 153 Å². The summed E-state index contributed by atoms with van der Waals surface area (Å²) in [5.41, 5.74) is 1.95. The van der Waals surface area contributed by atoms with Crippen molar-refractivity contribution in [2.45, 2.75) is 6.17 Å². The smallest absolute Gasteiger partial charge is 0.217 e. The maximum atomic E-state index is 5.69. The van der Waals surface area contributed by atoms with Gasteiger partial charge in [0.25, 0.3) is 0 Å². The summed E-state index contributed by atoms with van der Waals surface area (Å²) >= 11 is 0. The van der Waals surface area contributed by atoms with E-state index >= 15 is 0 Å². The van der Waals surface area contributed by atoms with Crippen molar-refractivity contribution in [2.75, 3.05) is 23.2 Å². The third kappa shape index (κ3) is 2.06. The fourth-order valence-corrected chi connectivity index (χ4v) is 3.59. The third-order valence-corrected chi connectivity index (χ3v) is 4.83. The number of rotatable bonds is 2. The van der Waals surface area contributed by atoms with Crippen molar-refractivity contribution in [2.24, 2.45) is 4.99 Å². The molecule has 10 nitrogen and oxygen atoms in total. The Kier molecular flexibility index (Phi) is 2.84. The topological polar surface area (TPSA) is 92.5 Å². The quantitative estimate of drug-likeness (QED) is 0.571. The summed E-state index contributed by atoms with van der Waals surface area (Å²) in [5, 5.41) is 13.3. The molecule has 27 heavy (non-hydrogen) atoms. The van der Waals surface area contributed by atoms with Crippen molar-refractivity contribution in [1.82, 2.24) is 29.7 Å². The zero-order valence-electron chi connectivity index (χ0n) is 14.2. The molecule has 2 aliphatic heterocycles. The second kappa shape index (κ2) is 5.34. The van der Waals surface area contributed by atoms with E-state index in [2.05, 4.69) is 26.1 Å². The number of hydrogen-bond donors (Lipinski definition) is 1. The molecule has 3 aromatic heterocycles. The Morgan fingerprint density at radius 2 is 1.96 bits per heavy atom. The molecule has 0 radical (unpaired) electrons. The molecule has 0 saturated carbocycles. The average molecular weight is 361 g/mol. The SMILES string of the molecule is c1coc(C2NC3=NCN(n4cnnc4)CN3c3nc4ccccc4n32)c1. The first-order chi connectivity index (χ1) is 13.4.